The highest BCUT2D eigenvalue weighted by molar-refractivity contribution is 6.30. The van der Waals surface area contributed by atoms with Crippen LogP contribution < -0.4 is 10.6 Å². The first kappa shape index (κ1) is 21.3. The van der Waals surface area contributed by atoms with Gasteiger partial charge in [0.1, 0.15) is 0 Å². The topological polar surface area (TPSA) is 84.7 Å². The highest BCUT2D eigenvalue weighted by Crippen LogP contribution is 2.18. The molecule has 2 aromatic rings. The number of benzene rings is 1. The second-order valence-electron chi connectivity index (χ2n) is 5.41. The van der Waals surface area contributed by atoms with E-state index in [4.69, 9.17) is 11.6 Å². The molecule has 0 saturated carbocycles. The van der Waals surface area contributed by atoms with Crippen LogP contribution in [0.2, 0.25) is 5.02 Å². The maximum absolute atomic E-state index is 12.3. The molecule has 0 spiro atoms. The Kier molecular flexibility index (Phi) is 9.41. The molecular weight excluding hydrogens is 363 g/mol. The molecule has 2 rings (SSSR count). The van der Waals surface area contributed by atoms with Gasteiger partial charge in [-0.3, -0.25) is 4.79 Å². The second-order valence-corrected chi connectivity index (χ2v) is 5.84. The Morgan fingerprint density at radius 1 is 1.20 bits per heavy atom. The Labute approximate surface area is 158 Å². The lowest BCUT2D eigenvalue weighted by molar-refractivity contribution is -0.125. The average molecular weight is 387 g/mol. The zero-order valence-electron chi connectivity index (χ0n) is 14.4. The summed E-state index contributed by atoms with van der Waals surface area (Å²) in [6.07, 6.45) is 1.66. The molecule has 7 nitrogen and oxygen atoms in total. The van der Waals surface area contributed by atoms with Crippen molar-refractivity contribution in [2.24, 2.45) is 0 Å². The lowest BCUT2D eigenvalue weighted by atomic mass is 10.2. The number of tetrazole rings is 1. The number of rotatable bonds is 9. The third-order valence-corrected chi connectivity index (χ3v) is 3.78. The molecule has 0 aliphatic carbocycles. The molecule has 1 amide bonds. The number of nitrogens with one attached hydrogen (secondary N) is 2. The van der Waals surface area contributed by atoms with Gasteiger partial charge < -0.3 is 10.6 Å². The van der Waals surface area contributed by atoms with Crippen molar-refractivity contribution < 1.29 is 4.79 Å². The number of halogens is 2. The predicted octanol–water partition coefficient (Wildman–Crippen LogP) is 2.48. The zero-order valence-corrected chi connectivity index (χ0v) is 16.0. The number of amides is 1. The van der Waals surface area contributed by atoms with Crippen molar-refractivity contribution in [3.05, 3.63) is 29.3 Å². The van der Waals surface area contributed by atoms with Crippen LogP contribution in [0.25, 0.3) is 11.4 Å². The van der Waals surface area contributed by atoms with E-state index in [1.165, 1.54) is 4.80 Å². The van der Waals surface area contributed by atoms with E-state index in [1.807, 2.05) is 19.1 Å². The van der Waals surface area contributed by atoms with Crippen LogP contribution in [-0.4, -0.2) is 45.7 Å². The molecule has 138 valence electrons. The first-order valence-electron chi connectivity index (χ1n) is 8.19. The molecule has 0 saturated heterocycles. The van der Waals surface area contributed by atoms with Crippen LogP contribution in [0.4, 0.5) is 0 Å². The van der Waals surface area contributed by atoms with E-state index in [0.29, 0.717) is 23.8 Å². The van der Waals surface area contributed by atoms with Gasteiger partial charge in [0.15, 0.2) is 6.04 Å². The summed E-state index contributed by atoms with van der Waals surface area (Å²) in [6.45, 7) is 6.30. The standard InChI is InChI=1S/C16H23ClN6O.ClH/c1-3-9-18-10-11-19-16(24)14(4-2)23-21-15(20-22-23)12-5-7-13(17)8-6-12;/h5-8,14,18H,3-4,9-11H2,1-2H3,(H,19,24);1H. The summed E-state index contributed by atoms with van der Waals surface area (Å²) in [5, 5.41) is 19.2. The van der Waals surface area contributed by atoms with Gasteiger partial charge in [0, 0.05) is 23.7 Å². The third kappa shape index (κ3) is 6.26. The van der Waals surface area contributed by atoms with Crippen molar-refractivity contribution in [3.63, 3.8) is 0 Å². The molecule has 1 aromatic carbocycles. The van der Waals surface area contributed by atoms with Crippen molar-refractivity contribution in [1.29, 1.82) is 0 Å². The van der Waals surface area contributed by atoms with Crippen molar-refractivity contribution in [3.8, 4) is 11.4 Å². The summed E-state index contributed by atoms with van der Waals surface area (Å²) in [5.74, 6) is 0.374. The van der Waals surface area contributed by atoms with Gasteiger partial charge in [-0.05, 0) is 48.9 Å². The van der Waals surface area contributed by atoms with Crippen LogP contribution in [-0.2, 0) is 4.79 Å². The number of hydrogen-bond donors (Lipinski definition) is 2. The number of nitrogens with zero attached hydrogens (tertiary/aromatic N) is 4. The average Bonchev–Trinajstić information content (AvgIpc) is 3.05. The fourth-order valence-electron chi connectivity index (χ4n) is 2.22. The molecule has 1 heterocycles. The van der Waals surface area contributed by atoms with E-state index in [1.54, 1.807) is 12.1 Å². The summed E-state index contributed by atoms with van der Waals surface area (Å²) in [6, 6.07) is 6.72. The Bertz CT molecular complexity index is 646. The van der Waals surface area contributed by atoms with Gasteiger partial charge in [-0.15, -0.1) is 22.6 Å². The Hall–Kier alpha value is -1.70. The normalized spacial score (nSPS) is 11.6. The van der Waals surface area contributed by atoms with Gasteiger partial charge >= 0.3 is 0 Å². The maximum atomic E-state index is 12.3. The van der Waals surface area contributed by atoms with Crippen LogP contribution >= 0.6 is 24.0 Å². The van der Waals surface area contributed by atoms with Crippen molar-refractivity contribution in [2.75, 3.05) is 19.6 Å². The molecule has 1 unspecified atom stereocenters. The van der Waals surface area contributed by atoms with Gasteiger partial charge in [0.05, 0.1) is 0 Å². The molecule has 25 heavy (non-hydrogen) atoms. The monoisotopic (exact) mass is 386 g/mol. The Balaban J connectivity index is 0.00000312. The number of carbonyl (C=O) groups excluding carboxylic acids is 1. The van der Waals surface area contributed by atoms with Crippen LogP contribution in [0.1, 0.15) is 32.7 Å². The van der Waals surface area contributed by atoms with Crippen molar-refractivity contribution >= 4 is 29.9 Å². The van der Waals surface area contributed by atoms with E-state index in [-0.39, 0.29) is 18.3 Å². The lowest BCUT2D eigenvalue weighted by Gasteiger charge is -2.13. The van der Waals surface area contributed by atoms with E-state index < -0.39 is 6.04 Å². The largest absolute Gasteiger partial charge is 0.353 e. The molecule has 0 aliphatic heterocycles. The van der Waals surface area contributed by atoms with E-state index in [9.17, 15) is 4.79 Å². The van der Waals surface area contributed by atoms with Gasteiger partial charge in [-0.2, -0.15) is 4.80 Å². The highest BCUT2D eigenvalue weighted by atomic mass is 35.5. The molecule has 2 N–H and O–H groups in total. The molecular formula is C16H24Cl2N6O. The van der Waals surface area contributed by atoms with Gasteiger partial charge in [0.2, 0.25) is 11.7 Å². The lowest BCUT2D eigenvalue weighted by Crippen LogP contribution is -2.37. The Morgan fingerprint density at radius 2 is 1.92 bits per heavy atom. The molecule has 0 radical (unpaired) electrons. The van der Waals surface area contributed by atoms with Crippen LogP contribution in [0, 0.1) is 0 Å². The second kappa shape index (κ2) is 11.0. The molecule has 9 heteroatoms. The quantitative estimate of drug-likeness (QED) is 0.646. The van der Waals surface area contributed by atoms with Gasteiger partial charge in [0.25, 0.3) is 0 Å². The van der Waals surface area contributed by atoms with Crippen molar-refractivity contribution in [2.45, 2.75) is 32.7 Å². The van der Waals surface area contributed by atoms with Crippen LogP contribution in [0.5, 0.6) is 0 Å². The summed E-state index contributed by atoms with van der Waals surface area (Å²) in [4.78, 5) is 13.7. The van der Waals surface area contributed by atoms with Crippen molar-refractivity contribution in [1.82, 2.24) is 30.8 Å². The number of carbonyl (C=O) groups is 1. The van der Waals surface area contributed by atoms with E-state index in [2.05, 4.69) is 33.0 Å². The first-order chi connectivity index (χ1) is 11.7. The van der Waals surface area contributed by atoms with Gasteiger partial charge in [-0.25, -0.2) is 0 Å². The summed E-state index contributed by atoms with van der Waals surface area (Å²) in [7, 11) is 0. The first-order valence-corrected chi connectivity index (χ1v) is 8.57. The Morgan fingerprint density at radius 3 is 2.56 bits per heavy atom. The fraction of sp³-hybridized carbons (Fsp3) is 0.500. The smallest absolute Gasteiger partial charge is 0.246 e. The minimum Gasteiger partial charge on any atom is -0.353 e. The molecule has 0 aliphatic rings. The molecule has 0 fully saturated rings. The molecule has 0 bridgehead atoms. The molecule has 1 aromatic heterocycles. The maximum Gasteiger partial charge on any atom is 0.246 e. The van der Waals surface area contributed by atoms with E-state index >= 15 is 0 Å². The third-order valence-electron chi connectivity index (χ3n) is 3.53. The minimum absolute atomic E-state index is 0. The summed E-state index contributed by atoms with van der Waals surface area (Å²) < 4.78 is 0. The number of hydrogen-bond acceptors (Lipinski definition) is 5. The SMILES string of the molecule is CCCNCCNC(=O)C(CC)n1nnc(-c2ccc(Cl)cc2)n1.Cl. The highest BCUT2D eigenvalue weighted by Gasteiger charge is 2.21. The van der Waals surface area contributed by atoms with Gasteiger partial charge in [-0.1, -0.05) is 25.4 Å². The predicted molar refractivity (Wildman–Crippen MR) is 101 cm³/mol. The summed E-state index contributed by atoms with van der Waals surface area (Å²) >= 11 is 5.88. The summed E-state index contributed by atoms with van der Waals surface area (Å²) in [5.41, 5.74) is 0.810. The van der Waals surface area contributed by atoms with E-state index in [0.717, 1.165) is 25.1 Å². The van der Waals surface area contributed by atoms with Crippen LogP contribution in [0.3, 0.4) is 0 Å². The number of aromatic nitrogens is 4. The molecule has 1 atom stereocenters. The minimum atomic E-state index is -0.468. The van der Waals surface area contributed by atoms with Crippen LogP contribution in [0.15, 0.2) is 24.3 Å². The zero-order chi connectivity index (χ0) is 17.4. The fourth-order valence-corrected chi connectivity index (χ4v) is 2.34.